The van der Waals surface area contributed by atoms with Gasteiger partial charge in [-0.3, -0.25) is 4.79 Å². The van der Waals surface area contributed by atoms with E-state index >= 15 is 0 Å². The van der Waals surface area contributed by atoms with Crippen molar-refractivity contribution in [2.75, 3.05) is 5.32 Å². The van der Waals surface area contributed by atoms with Crippen molar-refractivity contribution in [2.24, 2.45) is 5.92 Å². The van der Waals surface area contributed by atoms with Gasteiger partial charge in [0.25, 0.3) is 0 Å². The highest BCUT2D eigenvalue weighted by molar-refractivity contribution is 6.31. The summed E-state index contributed by atoms with van der Waals surface area (Å²) in [7, 11) is 0. The molecule has 0 aliphatic heterocycles. The van der Waals surface area contributed by atoms with Gasteiger partial charge in [-0.1, -0.05) is 38.3 Å². The molecule has 112 valence electrons. The maximum Gasteiger partial charge on any atom is 0.224 e. The number of hydrogen-bond acceptors (Lipinski definition) is 2. The van der Waals surface area contributed by atoms with E-state index in [-0.39, 0.29) is 5.91 Å². The number of halogens is 1. The van der Waals surface area contributed by atoms with Crippen LogP contribution >= 0.6 is 11.6 Å². The van der Waals surface area contributed by atoms with Crippen molar-refractivity contribution in [1.82, 2.24) is 9.78 Å². The molecule has 0 aliphatic rings. The first-order valence-electron chi connectivity index (χ1n) is 7.19. The Balaban J connectivity index is 2.15. The van der Waals surface area contributed by atoms with Crippen LogP contribution in [0.1, 0.15) is 33.1 Å². The van der Waals surface area contributed by atoms with E-state index < -0.39 is 0 Å². The molecule has 1 amide bonds. The molecule has 1 heterocycles. The maximum absolute atomic E-state index is 12.1. The summed E-state index contributed by atoms with van der Waals surface area (Å²) in [6, 6.07) is 7.22. The van der Waals surface area contributed by atoms with Gasteiger partial charge in [0, 0.05) is 23.8 Å². The van der Waals surface area contributed by atoms with Crippen LogP contribution in [0.4, 0.5) is 5.69 Å². The van der Waals surface area contributed by atoms with Crippen LogP contribution in [0, 0.1) is 5.92 Å². The minimum Gasteiger partial charge on any atom is -0.324 e. The topological polar surface area (TPSA) is 46.9 Å². The van der Waals surface area contributed by atoms with E-state index in [9.17, 15) is 4.79 Å². The number of carbonyl (C=O) groups excluding carboxylic acids is 1. The predicted molar refractivity (Wildman–Crippen MR) is 85.9 cm³/mol. The number of nitrogens with zero attached hydrogens (tertiary/aromatic N) is 2. The van der Waals surface area contributed by atoms with Gasteiger partial charge in [0.05, 0.1) is 11.4 Å². The summed E-state index contributed by atoms with van der Waals surface area (Å²) < 4.78 is 1.71. The number of amides is 1. The van der Waals surface area contributed by atoms with Crippen LogP contribution in [0.25, 0.3) is 5.69 Å². The minimum atomic E-state index is 0.00613. The number of hydrogen-bond donors (Lipinski definition) is 1. The lowest BCUT2D eigenvalue weighted by Crippen LogP contribution is -2.16. The number of carbonyl (C=O) groups is 1. The summed E-state index contributed by atoms with van der Waals surface area (Å²) in [6.45, 7) is 4.22. The van der Waals surface area contributed by atoms with E-state index in [4.69, 9.17) is 11.6 Å². The molecule has 1 atom stereocenters. The van der Waals surface area contributed by atoms with Gasteiger partial charge in [-0.05, 0) is 30.2 Å². The van der Waals surface area contributed by atoms with Crippen LogP contribution in [0.2, 0.25) is 5.02 Å². The molecule has 1 aromatic carbocycles. The molecule has 1 unspecified atom stereocenters. The summed E-state index contributed by atoms with van der Waals surface area (Å²) in [5, 5.41) is 7.73. The van der Waals surface area contributed by atoms with Crippen molar-refractivity contribution in [2.45, 2.75) is 33.1 Å². The average molecular weight is 306 g/mol. The van der Waals surface area contributed by atoms with Crippen LogP contribution in [0.5, 0.6) is 0 Å². The van der Waals surface area contributed by atoms with Crippen molar-refractivity contribution in [1.29, 1.82) is 0 Å². The Labute approximate surface area is 130 Å². The average Bonchev–Trinajstić information content (AvgIpc) is 2.92. The van der Waals surface area contributed by atoms with Crippen LogP contribution in [0.15, 0.2) is 36.7 Å². The van der Waals surface area contributed by atoms with Crippen molar-refractivity contribution in [3.05, 3.63) is 41.7 Å². The number of rotatable bonds is 6. The summed E-state index contributed by atoms with van der Waals surface area (Å²) in [5.41, 5.74) is 1.49. The molecule has 0 bridgehead atoms. The molecule has 0 saturated carbocycles. The number of aromatic nitrogens is 2. The number of anilines is 1. The maximum atomic E-state index is 12.1. The van der Waals surface area contributed by atoms with Gasteiger partial charge in [-0.15, -0.1) is 0 Å². The standard InChI is InChI=1S/C16H20ClN3O/c1-3-5-12(2)10-16(21)19-14-11-13(17)6-7-15(14)20-9-4-8-18-20/h4,6-9,11-12H,3,5,10H2,1-2H3,(H,19,21). The normalized spacial score (nSPS) is 12.1. The van der Waals surface area contributed by atoms with Gasteiger partial charge in [0.2, 0.25) is 5.91 Å². The molecule has 0 saturated heterocycles. The monoisotopic (exact) mass is 305 g/mol. The van der Waals surface area contributed by atoms with E-state index in [0.29, 0.717) is 23.0 Å². The van der Waals surface area contributed by atoms with Gasteiger partial charge in [0.1, 0.15) is 0 Å². The molecule has 1 aromatic heterocycles. The zero-order valence-corrected chi connectivity index (χ0v) is 13.1. The quantitative estimate of drug-likeness (QED) is 0.865. The Morgan fingerprint density at radius 3 is 2.95 bits per heavy atom. The van der Waals surface area contributed by atoms with Crippen molar-refractivity contribution in [3.63, 3.8) is 0 Å². The van der Waals surface area contributed by atoms with E-state index in [1.54, 1.807) is 23.0 Å². The molecular weight excluding hydrogens is 286 g/mol. The molecule has 5 heteroatoms. The molecule has 4 nitrogen and oxygen atoms in total. The lowest BCUT2D eigenvalue weighted by atomic mass is 10.0. The first-order chi connectivity index (χ1) is 10.1. The fraction of sp³-hybridized carbons (Fsp3) is 0.375. The first kappa shape index (κ1) is 15.6. The zero-order valence-electron chi connectivity index (χ0n) is 12.3. The summed E-state index contributed by atoms with van der Waals surface area (Å²) >= 11 is 6.04. The van der Waals surface area contributed by atoms with Gasteiger partial charge < -0.3 is 5.32 Å². The minimum absolute atomic E-state index is 0.00613. The van der Waals surface area contributed by atoms with Crippen molar-refractivity contribution in [3.8, 4) is 5.69 Å². The fourth-order valence-electron chi connectivity index (χ4n) is 2.33. The lowest BCUT2D eigenvalue weighted by Gasteiger charge is -2.14. The van der Waals surface area contributed by atoms with Gasteiger partial charge >= 0.3 is 0 Å². The fourth-order valence-corrected chi connectivity index (χ4v) is 2.50. The van der Waals surface area contributed by atoms with Crippen LogP contribution in [0.3, 0.4) is 0 Å². The molecule has 1 N–H and O–H groups in total. The van der Waals surface area contributed by atoms with E-state index in [1.165, 1.54) is 0 Å². The van der Waals surface area contributed by atoms with Gasteiger partial charge in [0.15, 0.2) is 0 Å². The van der Waals surface area contributed by atoms with Crippen LogP contribution < -0.4 is 5.32 Å². The number of benzene rings is 1. The van der Waals surface area contributed by atoms with Crippen LogP contribution in [-0.4, -0.2) is 15.7 Å². The first-order valence-corrected chi connectivity index (χ1v) is 7.57. The lowest BCUT2D eigenvalue weighted by molar-refractivity contribution is -0.117. The Morgan fingerprint density at radius 2 is 2.29 bits per heavy atom. The highest BCUT2D eigenvalue weighted by atomic mass is 35.5. The molecule has 0 fully saturated rings. The smallest absolute Gasteiger partial charge is 0.224 e. The highest BCUT2D eigenvalue weighted by Gasteiger charge is 2.12. The third-order valence-electron chi connectivity index (χ3n) is 3.30. The third-order valence-corrected chi connectivity index (χ3v) is 3.53. The predicted octanol–water partition coefficient (Wildman–Crippen LogP) is 4.29. The van der Waals surface area contributed by atoms with Crippen LogP contribution in [-0.2, 0) is 4.79 Å². The second-order valence-electron chi connectivity index (χ2n) is 5.26. The molecular formula is C16H20ClN3O. The van der Waals surface area contributed by atoms with Gasteiger partial charge in [-0.25, -0.2) is 4.68 Å². The Hall–Kier alpha value is -1.81. The van der Waals surface area contributed by atoms with E-state index in [2.05, 4.69) is 24.3 Å². The van der Waals surface area contributed by atoms with E-state index in [1.807, 2.05) is 18.3 Å². The summed E-state index contributed by atoms with van der Waals surface area (Å²) in [6.07, 6.45) is 6.18. The van der Waals surface area contributed by atoms with E-state index in [0.717, 1.165) is 18.5 Å². The molecule has 2 rings (SSSR count). The van der Waals surface area contributed by atoms with Crippen molar-refractivity contribution < 1.29 is 4.79 Å². The largest absolute Gasteiger partial charge is 0.324 e. The molecule has 21 heavy (non-hydrogen) atoms. The molecule has 0 spiro atoms. The molecule has 2 aromatic rings. The third kappa shape index (κ3) is 4.33. The Bertz CT molecular complexity index is 596. The summed E-state index contributed by atoms with van der Waals surface area (Å²) in [4.78, 5) is 12.1. The molecule has 0 radical (unpaired) electrons. The summed E-state index contributed by atoms with van der Waals surface area (Å²) in [5.74, 6) is 0.383. The zero-order chi connectivity index (χ0) is 15.2. The Kier molecular flexibility index (Phi) is 5.39. The molecule has 0 aliphatic carbocycles. The highest BCUT2D eigenvalue weighted by Crippen LogP contribution is 2.24. The number of nitrogens with one attached hydrogen (secondary N) is 1. The second-order valence-corrected chi connectivity index (χ2v) is 5.69. The second kappa shape index (κ2) is 7.27. The Morgan fingerprint density at radius 1 is 1.48 bits per heavy atom. The van der Waals surface area contributed by atoms with Crippen molar-refractivity contribution >= 4 is 23.2 Å². The van der Waals surface area contributed by atoms with Gasteiger partial charge in [-0.2, -0.15) is 5.10 Å². The SMILES string of the molecule is CCCC(C)CC(=O)Nc1cc(Cl)ccc1-n1cccn1.